The van der Waals surface area contributed by atoms with Gasteiger partial charge in [0.1, 0.15) is 0 Å². The van der Waals surface area contributed by atoms with E-state index in [0.29, 0.717) is 17.7 Å². The van der Waals surface area contributed by atoms with Crippen molar-refractivity contribution in [3.63, 3.8) is 0 Å². The summed E-state index contributed by atoms with van der Waals surface area (Å²) < 4.78 is 26.5. The van der Waals surface area contributed by atoms with Gasteiger partial charge >= 0.3 is 0 Å². The second-order valence-corrected chi connectivity index (χ2v) is 10.5. The lowest BCUT2D eigenvalue weighted by Crippen LogP contribution is -2.51. The summed E-state index contributed by atoms with van der Waals surface area (Å²) in [5.41, 5.74) is 0.295. The van der Waals surface area contributed by atoms with Crippen molar-refractivity contribution >= 4 is 21.6 Å². The molecule has 0 aliphatic heterocycles. The van der Waals surface area contributed by atoms with E-state index in [1.807, 2.05) is 0 Å². The van der Waals surface area contributed by atoms with Gasteiger partial charge in [-0.25, -0.2) is 12.7 Å². The van der Waals surface area contributed by atoms with Gasteiger partial charge in [-0.3, -0.25) is 0 Å². The van der Waals surface area contributed by atoms with Gasteiger partial charge in [0.15, 0.2) is 0 Å². The van der Waals surface area contributed by atoms with Crippen LogP contribution in [0.2, 0.25) is 0 Å². The second kappa shape index (κ2) is 6.01. The van der Waals surface area contributed by atoms with Gasteiger partial charge in [-0.1, -0.05) is 0 Å². The van der Waals surface area contributed by atoms with E-state index in [9.17, 15) is 8.42 Å². The highest BCUT2D eigenvalue weighted by molar-refractivity contribution is 7.89. The van der Waals surface area contributed by atoms with E-state index in [2.05, 4.69) is 0 Å². The topological polar surface area (TPSA) is 37.4 Å². The van der Waals surface area contributed by atoms with Crippen LogP contribution in [-0.4, -0.2) is 37.9 Å². The first kappa shape index (κ1) is 16.1. The number of rotatable bonds is 7. The SMILES string of the molecule is CN(CC12CC3CC(CC(C3)C1)C2)S(=O)(=O)CCCCCl. The van der Waals surface area contributed by atoms with Gasteiger partial charge in [-0.2, -0.15) is 0 Å². The van der Waals surface area contributed by atoms with Gasteiger partial charge in [-0.15, -0.1) is 11.6 Å². The van der Waals surface area contributed by atoms with E-state index < -0.39 is 10.0 Å². The van der Waals surface area contributed by atoms with Gasteiger partial charge < -0.3 is 0 Å². The van der Waals surface area contributed by atoms with Crippen LogP contribution in [0.4, 0.5) is 0 Å². The molecule has 21 heavy (non-hydrogen) atoms. The molecule has 4 aliphatic carbocycles. The maximum Gasteiger partial charge on any atom is 0.213 e. The van der Waals surface area contributed by atoms with Crippen molar-refractivity contribution in [2.75, 3.05) is 25.2 Å². The molecule has 3 nitrogen and oxygen atoms in total. The van der Waals surface area contributed by atoms with Crippen molar-refractivity contribution in [2.45, 2.75) is 51.4 Å². The summed E-state index contributed by atoms with van der Waals surface area (Å²) in [5, 5.41) is 0. The molecule has 0 aromatic rings. The second-order valence-electron chi connectivity index (χ2n) is 7.89. The van der Waals surface area contributed by atoms with Crippen LogP contribution in [0.25, 0.3) is 0 Å². The fraction of sp³-hybridized carbons (Fsp3) is 1.00. The van der Waals surface area contributed by atoms with Crippen molar-refractivity contribution in [1.82, 2.24) is 4.31 Å². The van der Waals surface area contributed by atoms with Crippen LogP contribution in [0.5, 0.6) is 0 Å². The van der Waals surface area contributed by atoms with E-state index in [1.165, 1.54) is 38.5 Å². The summed E-state index contributed by atoms with van der Waals surface area (Å²) in [7, 11) is -1.32. The van der Waals surface area contributed by atoms with Crippen LogP contribution < -0.4 is 0 Å². The molecule has 0 atom stereocenters. The van der Waals surface area contributed by atoms with Gasteiger partial charge in [-0.05, 0) is 74.5 Å². The van der Waals surface area contributed by atoms with Crippen LogP contribution in [0.1, 0.15) is 51.4 Å². The van der Waals surface area contributed by atoms with Crippen molar-refractivity contribution in [3.8, 4) is 0 Å². The Morgan fingerprint density at radius 2 is 1.57 bits per heavy atom. The van der Waals surface area contributed by atoms with Crippen LogP contribution in [0, 0.1) is 23.2 Å². The molecular formula is C16H28ClNO2S. The average molecular weight is 334 g/mol. The summed E-state index contributed by atoms with van der Waals surface area (Å²) in [4.78, 5) is 0. The Kier molecular flexibility index (Phi) is 4.60. The van der Waals surface area contributed by atoms with E-state index in [-0.39, 0.29) is 5.75 Å². The molecule has 122 valence electrons. The Bertz CT molecular complexity index is 441. The first-order valence-electron chi connectivity index (χ1n) is 8.42. The molecule has 0 saturated heterocycles. The van der Waals surface area contributed by atoms with E-state index >= 15 is 0 Å². The molecule has 5 heteroatoms. The maximum atomic E-state index is 12.4. The van der Waals surface area contributed by atoms with E-state index in [0.717, 1.165) is 30.7 Å². The Morgan fingerprint density at radius 1 is 1.05 bits per heavy atom. The summed E-state index contributed by atoms with van der Waals surface area (Å²) in [6, 6.07) is 0. The zero-order valence-corrected chi connectivity index (χ0v) is 14.6. The van der Waals surface area contributed by atoms with E-state index in [1.54, 1.807) is 11.4 Å². The van der Waals surface area contributed by atoms with Crippen LogP contribution in [0.15, 0.2) is 0 Å². The quantitative estimate of drug-likeness (QED) is 0.528. The molecule has 4 fully saturated rings. The minimum absolute atomic E-state index is 0.253. The molecule has 0 amide bonds. The van der Waals surface area contributed by atoms with Crippen molar-refractivity contribution < 1.29 is 8.42 Å². The lowest BCUT2D eigenvalue weighted by atomic mass is 9.49. The highest BCUT2D eigenvalue weighted by Crippen LogP contribution is 2.60. The van der Waals surface area contributed by atoms with Crippen molar-refractivity contribution in [2.24, 2.45) is 23.2 Å². The Morgan fingerprint density at radius 3 is 2.05 bits per heavy atom. The monoisotopic (exact) mass is 333 g/mol. The zero-order valence-electron chi connectivity index (χ0n) is 13.1. The minimum atomic E-state index is -3.10. The fourth-order valence-electron chi connectivity index (χ4n) is 5.59. The van der Waals surface area contributed by atoms with Crippen molar-refractivity contribution in [1.29, 1.82) is 0 Å². The van der Waals surface area contributed by atoms with Crippen LogP contribution in [-0.2, 0) is 10.0 Å². The average Bonchev–Trinajstić information content (AvgIpc) is 2.36. The number of halogens is 1. The zero-order chi connectivity index (χ0) is 15.1. The van der Waals surface area contributed by atoms with Gasteiger partial charge in [0.05, 0.1) is 5.75 Å². The predicted octanol–water partition coefficient (Wildman–Crippen LogP) is 3.48. The summed E-state index contributed by atoms with van der Waals surface area (Å²) >= 11 is 5.65. The molecule has 0 aromatic carbocycles. The largest absolute Gasteiger partial charge is 0.213 e. The molecule has 4 rings (SSSR count). The Hall–Kier alpha value is 0.200. The number of unbranched alkanes of at least 4 members (excludes halogenated alkanes) is 1. The van der Waals surface area contributed by atoms with Crippen molar-refractivity contribution in [3.05, 3.63) is 0 Å². The van der Waals surface area contributed by atoms with E-state index in [4.69, 9.17) is 11.6 Å². The maximum absolute atomic E-state index is 12.4. The number of nitrogens with zero attached hydrogens (tertiary/aromatic N) is 1. The Labute approximate surface area is 134 Å². The first-order chi connectivity index (χ1) is 9.92. The number of hydrogen-bond donors (Lipinski definition) is 0. The standard InChI is InChI=1S/C16H28ClNO2S/c1-18(21(19,20)5-3-2-4-17)12-16-9-13-6-14(10-16)8-15(7-13)11-16/h13-15H,2-12H2,1H3. The number of sulfonamides is 1. The predicted molar refractivity (Wildman–Crippen MR) is 87.0 cm³/mol. The lowest BCUT2D eigenvalue weighted by molar-refractivity contribution is -0.0583. The van der Waals surface area contributed by atoms with Gasteiger partial charge in [0, 0.05) is 19.5 Å². The Balaban J connectivity index is 1.63. The normalized spacial score (nSPS) is 38.3. The minimum Gasteiger partial charge on any atom is -0.212 e. The molecular weight excluding hydrogens is 306 g/mol. The molecule has 4 saturated carbocycles. The van der Waals surface area contributed by atoms with Crippen LogP contribution >= 0.6 is 11.6 Å². The third-order valence-electron chi connectivity index (χ3n) is 5.98. The molecule has 0 spiro atoms. The summed E-state index contributed by atoms with van der Waals surface area (Å²) in [6.07, 6.45) is 9.48. The molecule has 0 aromatic heterocycles. The van der Waals surface area contributed by atoms with Gasteiger partial charge in [0.2, 0.25) is 10.0 Å². The molecule has 4 aliphatic rings. The number of alkyl halides is 1. The fourth-order valence-corrected chi connectivity index (χ4v) is 7.13. The highest BCUT2D eigenvalue weighted by atomic mass is 35.5. The first-order valence-corrected chi connectivity index (χ1v) is 10.6. The lowest BCUT2D eigenvalue weighted by Gasteiger charge is -2.57. The third kappa shape index (κ3) is 3.42. The molecule has 0 N–H and O–H groups in total. The molecule has 0 unspecified atom stereocenters. The number of hydrogen-bond acceptors (Lipinski definition) is 2. The molecule has 0 heterocycles. The molecule has 4 bridgehead atoms. The smallest absolute Gasteiger partial charge is 0.212 e. The van der Waals surface area contributed by atoms with Gasteiger partial charge in [0.25, 0.3) is 0 Å². The summed E-state index contributed by atoms with van der Waals surface area (Å²) in [6.45, 7) is 0.750. The summed E-state index contributed by atoms with van der Waals surface area (Å²) in [5.74, 6) is 3.44. The molecule has 0 radical (unpaired) electrons. The third-order valence-corrected chi connectivity index (χ3v) is 8.13. The van der Waals surface area contributed by atoms with Crippen LogP contribution in [0.3, 0.4) is 0 Å². The highest BCUT2D eigenvalue weighted by Gasteiger charge is 2.51.